The SMILES string of the molecule is COC(=O)Cc1ccccc1CSCCC(=O)O. The summed E-state index contributed by atoms with van der Waals surface area (Å²) in [5.41, 5.74) is 1.99. The predicted octanol–water partition coefficient (Wildman–Crippen LogP) is 2.11. The Labute approximate surface area is 110 Å². The second-order valence-electron chi connectivity index (χ2n) is 3.72. The van der Waals surface area contributed by atoms with Crippen molar-refractivity contribution in [2.45, 2.75) is 18.6 Å². The molecule has 0 fully saturated rings. The van der Waals surface area contributed by atoms with Gasteiger partial charge in [0, 0.05) is 11.5 Å². The first-order chi connectivity index (χ1) is 8.63. The van der Waals surface area contributed by atoms with Gasteiger partial charge in [-0.25, -0.2) is 0 Å². The molecule has 0 aliphatic heterocycles. The first kappa shape index (κ1) is 14.6. The van der Waals surface area contributed by atoms with Crippen LogP contribution < -0.4 is 0 Å². The Morgan fingerprint density at radius 3 is 2.56 bits per heavy atom. The summed E-state index contributed by atoms with van der Waals surface area (Å²) in [5, 5.41) is 8.54. The Hall–Kier alpha value is -1.49. The summed E-state index contributed by atoms with van der Waals surface area (Å²) < 4.78 is 4.64. The molecule has 0 unspecified atom stereocenters. The summed E-state index contributed by atoms with van der Waals surface area (Å²) in [6, 6.07) is 7.63. The lowest BCUT2D eigenvalue weighted by Gasteiger charge is -2.07. The Morgan fingerprint density at radius 1 is 1.28 bits per heavy atom. The third-order valence-corrected chi connectivity index (χ3v) is 3.41. The van der Waals surface area contributed by atoms with Crippen LogP contribution in [0.5, 0.6) is 0 Å². The van der Waals surface area contributed by atoms with Gasteiger partial charge in [0.1, 0.15) is 0 Å². The Balaban J connectivity index is 2.53. The predicted molar refractivity (Wildman–Crippen MR) is 70.6 cm³/mol. The highest BCUT2D eigenvalue weighted by atomic mass is 32.2. The molecule has 0 amide bonds. The number of rotatable bonds is 7. The van der Waals surface area contributed by atoms with Gasteiger partial charge >= 0.3 is 11.9 Å². The molecule has 0 aliphatic carbocycles. The van der Waals surface area contributed by atoms with Gasteiger partial charge in [0.2, 0.25) is 0 Å². The van der Waals surface area contributed by atoms with Crippen molar-refractivity contribution in [3.63, 3.8) is 0 Å². The molecule has 1 aromatic rings. The minimum absolute atomic E-state index is 0.157. The van der Waals surface area contributed by atoms with Gasteiger partial charge < -0.3 is 9.84 Å². The first-order valence-electron chi connectivity index (χ1n) is 5.56. The van der Waals surface area contributed by atoms with Crippen molar-refractivity contribution in [2.75, 3.05) is 12.9 Å². The fourth-order valence-corrected chi connectivity index (χ4v) is 2.40. The number of carbonyl (C=O) groups excluding carboxylic acids is 1. The second-order valence-corrected chi connectivity index (χ2v) is 4.82. The Bertz CT molecular complexity index is 417. The first-order valence-corrected chi connectivity index (χ1v) is 6.72. The van der Waals surface area contributed by atoms with Gasteiger partial charge in [0.25, 0.3) is 0 Å². The molecule has 98 valence electrons. The molecule has 0 aromatic heterocycles. The van der Waals surface area contributed by atoms with Crippen LogP contribution in [0.4, 0.5) is 0 Å². The molecule has 0 bridgehead atoms. The van der Waals surface area contributed by atoms with Crippen molar-refractivity contribution in [1.82, 2.24) is 0 Å². The fourth-order valence-electron chi connectivity index (χ4n) is 1.44. The maximum absolute atomic E-state index is 11.2. The maximum Gasteiger partial charge on any atom is 0.309 e. The lowest BCUT2D eigenvalue weighted by atomic mass is 10.1. The number of methoxy groups -OCH3 is 1. The lowest BCUT2D eigenvalue weighted by Crippen LogP contribution is -2.06. The quantitative estimate of drug-likeness (QED) is 0.606. The van der Waals surface area contributed by atoms with Crippen molar-refractivity contribution >= 4 is 23.7 Å². The third kappa shape index (κ3) is 5.23. The minimum atomic E-state index is -0.787. The standard InChI is InChI=1S/C13H16O4S/c1-17-13(16)8-10-4-2-3-5-11(10)9-18-7-6-12(14)15/h2-5H,6-9H2,1H3,(H,14,15). The van der Waals surface area contributed by atoms with Crippen LogP contribution in [0.15, 0.2) is 24.3 Å². The van der Waals surface area contributed by atoms with Crippen LogP contribution in [0.1, 0.15) is 17.5 Å². The number of esters is 1. The average molecular weight is 268 g/mol. The van der Waals surface area contributed by atoms with Crippen molar-refractivity contribution < 1.29 is 19.4 Å². The Morgan fingerprint density at radius 2 is 1.94 bits per heavy atom. The van der Waals surface area contributed by atoms with Gasteiger partial charge in [-0.3, -0.25) is 9.59 Å². The van der Waals surface area contributed by atoms with Crippen molar-refractivity contribution in [3.8, 4) is 0 Å². The molecule has 5 heteroatoms. The van der Waals surface area contributed by atoms with Gasteiger partial charge in [-0.15, -0.1) is 0 Å². The summed E-state index contributed by atoms with van der Waals surface area (Å²) in [4.78, 5) is 21.6. The fraction of sp³-hybridized carbons (Fsp3) is 0.385. The van der Waals surface area contributed by atoms with Crippen molar-refractivity contribution in [1.29, 1.82) is 0 Å². The van der Waals surface area contributed by atoms with Gasteiger partial charge in [-0.05, 0) is 11.1 Å². The van der Waals surface area contributed by atoms with E-state index >= 15 is 0 Å². The summed E-state index contributed by atoms with van der Waals surface area (Å²) in [6.07, 6.45) is 0.413. The molecule has 1 rings (SSSR count). The maximum atomic E-state index is 11.2. The van der Waals surface area contributed by atoms with E-state index in [0.717, 1.165) is 11.1 Å². The summed E-state index contributed by atoms with van der Waals surface area (Å²) in [6.45, 7) is 0. The van der Waals surface area contributed by atoms with E-state index in [9.17, 15) is 9.59 Å². The molecule has 0 saturated carbocycles. The number of carboxylic acids is 1. The van der Waals surface area contributed by atoms with E-state index in [4.69, 9.17) is 5.11 Å². The molecule has 4 nitrogen and oxygen atoms in total. The molecule has 0 aliphatic rings. The van der Waals surface area contributed by atoms with Gasteiger partial charge in [0.05, 0.1) is 20.0 Å². The van der Waals surface area contributed by atoms with E-state index in [1.165, 1.54) is 7.11 Å². The highest BCUT2D eigenvalue weighted by Gasteiger charge is 2.07. The van der Waals surface area contributed by atoms with Crippen molar-refractivity contribution in [2.24, 2.45) is 0 Å². The number of ether oxygens (including phenoxy) is 1. The smallest absolute Gasteiger partial charge is 0.309 e. The summed E-state index contributed by atoms with van der Waals surface area (Å²) >= 11 is 1.55. The number of thioether (sulfide) groups is 1. The molecule has 0 heterocycles. The van der Waals surface area contributed by atoms with Crippen LogP contribution in [0.3, 0.4) is 0 Å². The number of carboxylic acid groups (broad SMARTS) is 1. The number of hydrogen-bond acceptors (Lipinski definition) is 4. The van der Waals surface area contributed by atoms with E-state index in [0.29, 0.717) is 11.5 Å². The number of aliphatic carboxylic acids is 1. The van der Waals surface area contributed by atoms with Gasteiger partial charge in [0.15, 0.2) is 0 Å². The molecular formula is C13H16O4S. The lowest BCUT2D eigenvalue weighted by molar-refractivity contribution is -0.140. The average Bonchev–Trinajstić information content (AvgIpc) is 2.36. The van der Waals surface area contributed by atoms with Crippen LogP contribution in [0.25, 0.3) is 0 Å². The third-order valence-electron chi connectivity index (χ3n) is 2.40. The zero-order valence-corrected chi connectivity index (χ0v) is 11.0. The van der Waals surface area contributed by atoms with E-state index in [2.05, 4.69) is 4.74 Å². The molecule has 1 aromatic carbocycles. The van der Waals surface area contributed by atoms with E-state index in [1.54, 1.807) is 11.8 Å². The Kier molecular flexibility index (Phi) is 6.28. The highest BCUT2D eigenvalue weighted by Crippen LogP contribution is 2.18. The van der Waals surface area contributed by atoms with E-state index < -0.39 is 5.97 Å². The van der Waals surface area contributed by atoms with Crippen LogP contribution in [-0.4, -0.2) is 29.9 Å². The zero-order chi connectivity index (χ0) is 13.4. The largest absolute Gasteiger partial charge is 0.481 e. The van der Waals surface area contributed by atoms with Crippen LogP contribution in [0.2, 0.25) is 0 Å². The van der Waals surface area contributed by atoms with Crippen molar-refractivity contribution in [3.05, 3.63) is 35.4 Å². The van der Waals surface area contributed by atoms with E-state index in [1.807, 2.05) is 24.3 Å². The monoisotopic (exact) mass is 268 g/mol. The molecule has 18 heavy (non-hydrogen) atoms. The number of benzene rings is 1. The van der Waals surface area contributed by atoms with Gasteiger partial charge in [-0.2, -0.15) is 11.8 Å². The molecule has 0 spiro atoms. The molecule has 0 radical (unpaired) electrons. The number of carbonyl (C=O) groups is 2. The highest BCUT2D eigenvalue weighted by molar-refractivity contribution is 7.98. The van der Waals surface area contributed by atoms with Crippen LogP contribution in [0, 0.1) is 0 Å². The molecule has 0 atom stereocenters. The topological polar surface area (TPSA) is 63.6 Å². The second kappa shape index (κ2) is 7.76. The number of hydrogen-bond donors (Lipinski definition) is 1. The summed E-state index contributed by atoms with van der Waals surface area (Å²) in [5.74, 6) is 0.228. The summed E-state index contributed by atoms with van der Waals surface area (Å²) in [7, 11) is 1.37. The molecular weight excluding hydrogens is 252 g/mol. The molecule has 1 N–H and O–H groups in total. The van der Waals surface area contributed by atoms with E-state index in [-0.39, 0.29) is 18.8 Å². The molecule has 0 saturated heterocycles. The van der Waals surface area contributed by atoms with Crippen LogP contribution in [-0.2, 0) is 26.5 Å². The minimum Gasteiger partial charge on any atom is -0.481 e. The van der Waals surface area contributed by atoms with Gasteiger partial charge in [-0.1, -0.05) is 24.3 Å². The van der Waals surface area contributed by atoms with Crippen LogP contribution >= 0.6 is 11.8 Å². The zero-order valence-electron chi connectivity index (χ0n) is 10.2. The normalized spacial score (nSPS) is 10.1.